The van der Waals surface area contributed by atoms with Gasteiger partial charge in [-0.2, -0.15) is 34.8 Å². The first-order valence-corrected chi connectivity index (χ1v) is 8.23. The number of halogens is 6. The Morgan fingerprint density at radius 2 is 1.52 bits per heavy atom. The number of carbonyl (C=O) groups excluding carboxylic acids is 1. The fourth-order valence-corrected chi connectivity index (χ4v) is 2.87. The van der Waals surface area contributed by atoms with E-state index in [0.717, 1.165) is 19.2 Å². The number of ether oxygens (including phenoxy) is 1. The van der Waals surface area contributed by atoms with Gasteiger partial charge in [-0.3, -0.25) is 4.72 Å². The van der Waals surface area contributed by atoms with Crippen molar-refractivity contribution in [2.75, 3.05) is 11.8 Å². The van der Waals surface area contributed by atoms with Crippen molar-refractivity contribution < 1.29 is 48.7 Å². The van der Waals surface area contributed by atoms with Crippen LogP contribution in [0.5, 0.6) is 0 Å². The molecule has 148 valence electrons. The molecule has 1 heterocycles. The fourth-order valence-electron chi connectivity index (χ4n) is 1.89. The molecule has 0 saturated heterocycles. The van der Waals surface area contributed by atoms with Crippen molar-refractivity contribution in [3.8, 4) is 0 Å². The first-order valence-electron chi connectivity index (χ1n) is 6.74. The lowest BCUT2D eigenvalue weighted by Crippen LogP contribution is -2.16. The van der Waals surface area contributed by atoms with Gasteiger partial charge in [-0.05, 0) is 30.3 Å². The molecule has 1 aromatic carbocycles. The van der Waals surface area contributed by atoms with Gasteiger partial charge in [-0.15, -0.1) is 0 Å². The van der Waals surface area contributed by atoms with Crippen LogP contribution in [0, 0.1) is 0 Å². The van der Waals surface area contributed by atoms with Crippen molar-refractivity contribution in [3.05, 3.63) is 47.2 Å². The van der Waals surface area contributed by atoms with E-state index in [1.165, 1.54) is 0 Å². The first-order chi connectivity index (χ1) is 12.2. The SMILES string of the molecule is COC(=O)c1ccc(S(=O)(=O)Nc2cc(C(F)(F)F)cc(C(F)(F)F)c2)o1. The van der Waals surface area contributed by atoms with Crippen LogP contribution in [0.25, 0.3) is 0 Å². The standard InChI is InChI=1S/C14H9F6NO5S/c1-25-12(22)10-2-3-11(26-10)27(23,24)21-9-5-7(13(15,16)17)4-8(6-9)14(18,19)20/h2-6,21H,1H3. The van der Waals surface area contributed by atoms with Crippen molar-refractivity contribution in [1.82, 2.24) is 0 Å². The number of methoxy groups -OCH3 is 1. The third-order valence-corrected chi connectivity index (χ3v) is 4.33. The van der Waals surface area contributed by atoms with Gasteiger partial charge in [0.2, 0.25) is 10.9 Å². The topological polar surface area (TPSA) is 85.6 Å². The third-order valence-electron chi connectivity index (χ3n) is 3.07. The molecule has 1 N–H and O–H groups in total. The number of hydrogen-bond acceptors (Lipinski definition) is 5. The zero-order valence-corrected chi connectivity index (χ0v) is 13.9. The summed E-state index contributed by atoms with van der Waals surface area (Å²) in [4.78, 5) is 11.2. The number of carbonyl (C=O) groups is 1. The Labute approximate surface area is 147 Å². The normalized spacial score (nSPS) is 12.7. The number of hydrogen-bond donors (Lipinski definition) is 1. The van der Waals surface area contributed by atoms with Crippen molar-refractivity contribution in [1.29, 1.82) is 0 Å². The maximum Gasteiger partial charge on any atom is 0.416 e. The van der Waals surface area contributed by atoms with Crippen LogP contribution in [0.4, 0.5) is 32.0 Å². The van der Waals surface area contributed by atoms with E-state index in [4.69, 9.17) is 4.42 Å². The summed E-state index contributed by atoms with van der Waals surface area (Å²) in [5.74, 6) is -1.56. The summed E-state index contributed by atoms with van der Waals surface area (Å²) < 4.78 is 112. The number of rotatable bonds is 4. The molecular weight excluding hydrogens is 408 g/mol. The largest absolute Gasteiger partial charge is 0.463 e. The van der Waals surface area contributed by atoms with Gasteiger partial charge in [0, 0.05) is 0 Å². The van der Waals surface area contributed by atoms with E-state index in [0.29, 0.717) is 0 Å². The Hall–Kier alpha value is -2.70. The Bertz CT molecular complexity index is 929. The van der Waals surface area contributed by atoms with Crippen LogP contribution in [0.2, 0.25) is 0 Å². The second kappa shape index (κ2) is 6.79. The van der Waals surface area contributed by atoms with Crippen LogP contribution in [-0.2, 0) is 27.1 Å². The van der Waals surface area contributed by atoms with Crippen LogP contribution in [0.15, 0.2) is 39.8 Å². The lowest BCUT2D eigenvalue weighted by atomic mass is 10.1. The van der Waals surface area contributed by atoms with E-state index < -0.39 is 56.0 Å². The van der Waals surface area contributed by atoms with Gasteiger partial charge < -0.3 is 9.15 Å². The van der Waals surface area contributed by atoms with E-state index in [2.05, 4.69) is 4.74 Å². The third kappa shape index (κ3) is 4.72. The van der Waals surface area contributed by atoms with E-state index in [1.54, 1.807) is 4.72 Å². The average Bonchev–Trinajstić information content (AvgIpc) is 3.02. The molecule has 0 unspecified atom stereocenters. The molecule has 27 heavy (non-hydrogen) atoms. The molecule has 2 aromatic rings. The van der Waals surface area contributed by atoms with Crippen LogP contribution in [-0.4, -0.2) is 21.5 Å². The number of sulfonamides is 1. The summed E-state index contributed by atoms with van der Waals surface area (Å²) in [5, 5.41) is -0.908. The summed E-state index contributed by atoms with van der Waals surface area (Å²) >= 11 is 0. The average molecular weight is 417 g/mol. The van der Waals surface area contributed by atoms with Crippen LogP contribution >= 0.6 is 0 Å². The quantitative estimate of drug-likeness (QED) is 0.603. The van der Waals surface area contributed by atoms with Crippen molar-refractivity contribution in [2.24, 2.45) is 0 Å². The molecule has 6 nitrogen and oxygen atoms in total. The van der Waals surface area contributed by atoms with Gasteiger partial charge in [0.1, 0.15) is 0 Å². The maximum atomic E-state index is 12.8. The highest BCUT2D eigenvalue weighted by molar-refractivity contribution is 7.92. The smallest absolute Gasteiger partial charge is 0.416 e. The highest BCUT2D eigenvalue weighted by Gasteiger charge is 2.37. The van der Waals surface area contributed by atoms with Gasteiger partial charge in [-0.1, -0.05) is 0 Å². The Kier molecular flexibility index (Phi) is 5.19. The van der Waals surface area contributed by atoms with Gasteiger partial charge >= 0.3 is 18.3 Å². The minimum atomic E-state index is -5.15. The lowest BCUT2D eigenvalue weighted by Gasteiger charge is -2.14. The number of nitrogens with one attached hydrogen (secondary N) is 1. The van der Waals surface area contributed by atoms with Gasteiger partial charge in [0.05, 0.1) is 23.9 Å². The summed E-state index contributed by atoms with van der Waals surface area (Å²) in [5.41, 5.74) is -4.40. The van der Waals surface area contributed by atoms with E-state index in [1.807, 2.05) is 0 Å². The fraction of sp³-hybridized carbons (Fsp3) is 0.214. The van der Waals surface area contributed by atoms with Crippen molar-refractivity contribution in [2.45, 2.75) is 17.4 Å². The zero-order chi connectivity index (χ0) is 20.6. The molecule has 0 aliphatic carbocycles. The molecule has 1 aromatic heterocycles. The summed E-state index contributed by atoms with van der Waals surface area (Å²) in [7, 11) is -3.73. The Morgan fingerprint density at radius 1 is 1.00 bits per heavy atom. The first kappa shape index (κ1) is 20.6. The summed E-state index contributed by atoms with van der Waals surface area (Å²) in [6.07, 6.45) is -10.3. The van der Waals surface area contributed by atoms with Crippen molar-refractivity contribution >= 4 is 21.7 Å². The molecule has 0 spiro atoms. The minimum Gasteiger partial charge on any atom is -0.463 e. The maximum absolute atomic E-state index is 12.8. The van der Waals surface area contributed by atoms with Gasteiger partial charge in [0.25, 0.3) is 10.0 Å². The van der Waals surface area contributed by atoms with Gasteiger partial charge in [0.15, 0.2) is 0 Å². The predicted octanol–water partition coefficient (Wildman–Crippen LogP) is 3.90. The van der Waals surface area contributed by atoms with E-state index >= 15 is 0 Å². The van der Waals surface area contributed by atoms with E-state index in [-0.39, 0.29) is 18.2 Å². The number of furan rings is 1. The summed E-state index contributed by atoms with van der Waals surface area (Å²) in [6, 6.07) is 1.93. The second-order valence-electron chi connectivity index (χ2n) is 5.01. The lowest BCUT2D eigenvalue weighted by molar-refractivity contribution is -0.143. The number of alkyl halides is 6. The molecule has 0 amide bonds. The molecule has 0 atom stereocenters. The monoisotopic (exact) mass is 417 g/mol. The van der Waals surface area contributed by atoms with Gasteiger partial charge in [-0.25, -0.2) is 4.79 Å². The molecule has 0 aliphatic heterocycles. The zero-order valence-electron chi connectivity index (χ0n) is 13.1. The molecular formula is C14H9F6NO5S. The predicted molar refractivity (Wildman–Crippen MR) is 77.3 cm³/mol. The second-order valence-corrected chi connectivity index (χ2v) is 6.62. The van der Waals surface area contributed by atoms with Crippen LogP contribution in [0.3, 0.4) is 0 Å². The molecule has 0 aliphatic rings. The number of benzene rings is 1. The number of anilines is 1. The molecule has 0 bridgehead atoms. The highest BCUT2D eigenvalue weighted by Crippen LogP contribution is 2.38. The highest BCUT2D eigenvalue weighted by atomic mass is 32.2. The Morgan fingerprint density at radius 3 is 1.96 bits per heavy atom. The minimum absolute atomic E-state index is 0.153. The molecule has 13 heteroatoms. The van der Waals surface area contributed by atoms with Crippen LogP contribution in [0.1, 0.15) is 21.7 Å². The Balaban J connectivity index is 2.46. The van der Waals surface area contributed by atoms with Crippen molar-refractivity contribution in [3.63, 3.8) is 0 Å². The molecule has 0 radical (unpaired) electrons. The number of esters is 1. The van der Waals surface area contributed by atoms with E-state index in [9.17, 15) is 39.6 Å². The molecule has 0 saturated carbocycles. The molecule has 0 fully saturated rings. The summed E-state index contributed by atoms with van der Waals surface area (Å²) in [6.45, 7) is 0. The molecule has 2 rings (SSSR count). The van der Waals surface area contributed by atoms with Crippen LogP contribution < -0.4 is 4.72 Å².